The van der Waals surface area contributed by atoms with Crippen LogP contribution in [0.4, 0.5) is 4.79 Å². The Morgan fingerprint density at radius 1 is 1.42 bits per heavy atom. The van der Waals surface area contributed by atoms with E-state index in [0.29, 0.717) is 12.3 Å². The maximum atomic E-state index is 11.5. The van der Waals surface area contributed by atoms with Crippen LogP contribution in [-0.4, -0.2) is 34.6 Å². The van der Waals surface area contributed by atoms with E-state index >= 15 is 0 Å². The quantitative estimate of drug-likeness (QED) is 0.685. The van der Waals surface area contributed by atoms with Crippen LogP contribution in [0.15, 0.2) is 33.9 Å². The first-order chi connectivity index (χ1) is 11.3. The predicted molar refractivity (Wildman–Crippen MR) is 94.5 cm³/mol. The highest BCUT2D eigenvalue weighted by atomic mass is 79.9. The number of rotatable bonds is 0. The molecular formula is C18H19BrN2O3. The molecule has 1 aromatic carbocycles. The summed E-state index contributed by atoms with van der Waals surface area (Å²) in [7, 11) is 0. The van der Waals surface area contributed by atoms with Gasteiger partial charge in [0.15, 0.2) is 0 Å². The lowest BCUT2D eigenvalue weighted by atomic mass is 9.73. The van der Waals surface area contributed by atoms with Crippen molar-refractivity contribution in [1.29, 1.82) is 0 Å². The number of oxime groups is 1. The van der Waals surface area contributed by atoms with Gasteiger partial charge in [0.2, 0.25) is 6.23 Å². The van der Waals surface area contributed by atoms with Crippen molar-refractivity contribution in [2.45, 2.75) is 27.0 Å². The summed E-state index contributed by atoms with van der Waals surface area (Å²) < 4.78 is 0.960. The molecule has 5 nitrogen and oxygen atoms in total. The van der Waals surface area contributed by atoms with Gasteiger partial charge in [0.1, 0.15) is 5.71 Å². The summed E-state index contributed by atoms with van der Waals surface area (Å²) in [6.45, 7) is 6.76. The van der Waals surface area contributed by atoms with E-state index in [1.807, 2.05) is 24.3 Å². The second kappa shape index (κ2) is 6.14. The highest BCUT2D eigenvalue weighted by Crippen LogP contribution is 2.44. The number of hydrogen-bond acceptors (Lipinski definition) is 3. The molecule has 0 aliphatic carbocycles. The predicted octanol–water partition coefficient (Wildman–Crippen LogP) is 3.79. The van der Waals surface area contributed by atoms with Gasteiger partial charge in [0.05, 0.1) is 5.92 Å². The van der Waals surface area contributed by atoms with Gasteiger partial charge < -0.3 is 9.94 Å². The van der Waals surface area contributed by atoms with Crippen molar-refractivity contribution in [3.63, 3.8) is 0 Å². The van der Waals surface area contributed by atoms with Crippen molar-refractivity contribution in [3.05, 3.63) is 34.3 Å². The Morgan fingerprint density at radius 3 is 2.79 bits per heavy atom. The summed E-state index contributed by atoms with van der Waals surface area (Å²) >= 11 is 3.43. The fraction of sp³-hybridized carbons (Fsp3) is 0.444. The van der Waals surface area contributed by atoms with Gasteiger partial charge in [-0.3, -0.25) is 4.90 Å². The van der Waals surface area contributed by atoms with Crippen molar-refractivity contribution in [1.82, 2.24) is 4.90 Å². The number of hydrogen-bond donors (Lipinski definition) is 1. The number of likely N-dealkylation sites (tertiary alicyclic amines) is 1. The zero-order valence-electron chi connectivity index (χ0n) is 13.8. The molecule has 3 unspecified atom stereocenters. The van der Waals surface area contributed by atoms with Gasteiger partial charge in [-0.1, -0.05) is 53.8 Å². The molecule has 1 fully saturated rings. The molecule has 2 aliphatic rings. The van der Waals surface area contributed by atoms with Crippen molar-refractivity contribution in [3.8, 4) is 11.8 Å². The lowest BCUT2D eigenvalue weighted by molar-refractivity contribution is -0.0184. The van der Waals surface area contributed by atoms with Crippen molar-refractivity contribution in [2.24, 2.45) is 22.4 Å². The normalized spacial score (nSPS) is 25.4. The second-order valence-corrected chi connectivity index (χ2v) is 8.08. The first-order valence-electron chi connectivity index (χ1n) is 7.78. The average molecular weight is 391 g/mol. The number of benzene rings is 1. The molecule has 0 aromatic heterocycles. The second-order valence-electron chi connectivity index (χ2n) is 7.17. The lowest BCUT2D eigenvalue weighted by Crippen LogP contribution is -2.36. The summed E-state index contributed by atoms with van der Waals surface area (Å²) in [5, 5.41) is 13.5. The fourth-order valence-electron chi connectivity index (χ4n) is 3.25. The summed E-state index contributed by atoms with van der Waals surface area (Å²) in [5.74, 6) is 6.18. The smallest absolute Gasteiger partial charge is 0.410 e. The van der Waals surface area contributed by atoms with Gasteiger partial charge in [-0.15, -0.1) is 0 Å². The molecule has 1 aromatic rings. The van der Waals surface area contributed by atoms with E-state index in [0.717, 1.165) is 10.0 Å². The molecule has 2 aliphatic heterocycles. The van der Waals surface area contributed by atoms with E-state index in [1.165, 1.54) is 4.90 Å². The van der Waals surface area contributed by atoms with Gasteiger partial charge in [0.25, 0.3) is 0 Å². The Bertz CT molecular complexity index is 758. The molecule has 0 saturated carbocycles. The van der Waals surface area contributed by atoms with Crippen LogP contribution in [0.5, 0.6) is 0 Å². The van der Waals surface area contributed by atoms with E-state index in [2.05, 4.69) is 53.7 Å². The number of nitrogens with zero attached hydrogens (tertiary/aromatic N) is 2. The van der Waals surface area contributed by atoms with Crippen molar-refractivity contribution >= 4 is 27.7 Å². The minimum absolute atomic E-state index is 0.0704. The van der Waals surface area contributed by atoms with Crippen molar-refractivity contribution in [2.75, 3.05) is 6.54 Å². The van der Waals surface area contributed by atoms with Crippen LogP contribution in [0.1, 0.15) is 26.3 Å². The number of carboxylic acid groups (broad SMARTS) is 1. The van der Waals surface area contributed by atoms with Gasteiger partial charge >= 0.3 is 6.09 Å². The zero-order valence-corrected chi connectivity index (χ0v) is 15.4. The lowest BCUT2D eigenvalue weighted by Gasteiger charge is -2.29. The Kier molecular flexibility index (Phi) is 4.31. The minimum atomic E-state index is -0.979. The molecule has 2 heterocycles. The summed E-state index contributed by atoms with van der Waals surface area (Å²) in [6, 6.07) is 7.71. The third-order valence-electron chi connectivity index (χ3n) is 4.53. The fourth-order valence-corrected chi connectivity index (χ4v) is 3.65. The summed E-state index contributed by atoms with van der Waals surface area (Å²) in [5.41, 5.74) is 1.43. The molecule has 6 heteroatoms. The van der Waals surface area contributed by atoms with Crippen LogP contribution in [0, 0.1) is 29.1 Å². The van der Waals surface area contributed by atoms with E-state index < -0.39 is 12.3 Å². The monoisotopic (exact) mass is 390 g/mol. The average Bonchev–Trinajstić information content (AvgIpc) is 3.04. The van der Waals surface area contributed by atoms with E-state index in [1.54, 1.807) is 0 Å². The standard InChI is InChI=1S/C18H19BrN2O3/c1-18(2,3)13-10-21(17(22)23)16-15(13)14(20-24-16)8-7-11-5-4-6-12(19)9-11/h4-6,9,13,15-16H,10H2,1-3H3,(H,22,23). The Hall–Kier alpha value is -2.00. The molecule has 3 rings (SSSR count). The largest absolute Gasteiger partial charge is 0.465 e. The summed E-state index contributed by atoms with van der Waals surface area (Å²) in [4.78, 5) is 18.2. The molecule has 0 spiro atoms. The van der Waals surface area contributed by atoms with Crippen molar-refractivity contribution < 1.29 is 14.7 Å². The first kappa shape index (κ1) is 16.8. The molecule has 1 saturated heterocycles. The van der Waals surface area contributed by atoms with E-state index in [4.69, 9.17) is 4.84 Å². The molecule has 0 radical (unpaired) electrons. The Balaban J connectivity index is 1.90. The van der Waals surface area contributed by atoms with Crippen LogP contribution in [-0.2, 0) is 4.84 Å². The number of carbonyl (C=O) groups is 1. The molecular weight excluding hydrogens is 372 g/mol. The van der Waals surface area contributed by atoms with Crippen LogP contribution in [0.2, 0.25) is 0 Å². The van der Waals surface area contributed by atoms with E-state index in [-0.39, 0.29) is 17.3 Å². The third-order valence-corrected chi connectivity index (χ3v) is 5.03. The van der Waals surface area contributed by atoms with Gasteiger partial charge in [-0.05, 0) is 35.5 Å². The Morgan fingerprint density at radius 2 is 2.17 bits per heavy atom. The number of fused-ring (bicyclic) bond motifs is 1. The highest BCUT2D eigenvalue weighted by Gasteiger charge is 2.54. The number of amides is 1. The SMILES string of the molecule is CC(C)(C)C1CN(C(=O)O)C2ON=C(C#Cc3cccc(Br)c3)C21. The molecule has 126 valence electrons. The van der Waals surface area contributed by atoms with Crippen LogP contribution in [0.25, 0.3) is 0 Å². The first-order valence-corrected chi connectivity index (χ1v) is 8.57. The van der Waals surface area contributed by atoms with E-state index in [9.17, 15) is 9.90 Å². The minimum Gasteiger partial charge on any atom is -0.465 e. The molecule has 1 N–H and O–H groups in total. The zero-order chi connectivity index (χ0) is 17.5. The topological polar surface area (TPSA) is 62.1 Å². The van der Waals surface area contributed by atoms with Crippen LogP contribution < -0.4 is 0 Å². The van der Waals surface area contributed by atoms with Gasteiger partial charge in [-0.2, -0.15) is 0 Å². The van der Waals surface area contributed by atoms with Gasteiger partial charge in [0, 0.05) is 16.6 Å². The maximum absolute atomic E-state index is 11.5. The maximum Gasteiger partial charge on any atom is 0.410 e. The van der Waals surface area contributed by atoms with Crippen LogP contribution in [0.3, 0.4) is 0 Å². The molecule has 0 bridgehead atoms. The molecule has 3 atom stereocenters. The Labute approximate surface area is 149 Å². The van der Waals surface area contributed by atoms with Crippen LogP contribution >= 0.6 is 15.9 Å². The molecule has 24 heavy (non-hydrogen) atoms. The van der Waals surface area contributed by atoms with Gasteiger partial charge in [-0.25, -0.2) is 4.79 Å². The number of halogens is 1. The summed E-state index contributed by atoms with van der Waals surface area (Å²) in [6.07, 6.45) is -1.55. The third kappa shape index (κ3) is 3.13. The molecule has 1 amide bonds. The highest BCUT2D eigenvalue weighted by molar-refractivity contribution is 9.10.